The van der Waals surface area contributed by atoms with Crippen molar-refractivity contribution in [3.8, 4) is 0 Å². The van der Waals surface area contributed by atoms with Crippen LogP contribution in [0.4, 0.5) is 0 Å². The third kappa shape index (κ3) is 1.20. The van der Waals surface area contributed by atoms with Gasteiger partial charge in [-0.3, -0.25) is 0 Å². The Balaban J connectivity index is 2.21. The minimum Gasteiger partial charge on any atom is -0.392 e. The van der Waals surface area contributed by atoms with Crippen molar-refractivity contribution in [3.63, 3.8) is 0 Å². The second kappa shape index (κ2) is 2.88. The maximum Gasteiger partial charge on any atom is 0.0608 e. The third-order valence-corrected chi connectivity index (χ3v) is 3.77. The van der Waals surface area contributed by atoms with Crippen molar-refractivity contribution in [2.75, 3.05) is 0 Å². The molecule has 2 aliphatic rings. The second-order valence-electron chi connectivity index (χ2n) is 4.57. The van der Waals surface area contributed by atoms with Gasteiger partial charge in [0.15, 0.2) is 0 Å². The predicted molar refractivity (Wildman–Crippen MR) is 49.8 cm³/mol. The van der Waals surface area contributed by atoms with E-state index in [0.29, 0.717) is 5.92 Å². The fourth-order valence-electron chi connectivity index (χ4n) is 2.76. The number of aliphatic hydroxyl groups excluding tert-OH is 1. The van der Waals surface area contributed by atoms with Crippen LogP contribution in [0.25, 0.3) is 0 Å². The van der Waals surface area contributed by atoms with Crippen molar-refractivity contribution >= 4 is 0 Å². The molecule has 0 aromatic heterocycles. The summed E-state index contributed by atoms with van der Waals surface area (Å²) in [5.74, 6) is 2.06. The van der Waals surface area contributed by atoms with Crippen molar-refractivity contribution < 1.29 is 5.11 Å². The zero-order valence-electron chi connectivity index (χ0n) is 7.96. The van der Waals surface area contributed by atoms with Crippen LogP contribution >= 0.6 is 0 Å². The van der Waals surface area contributed by atoms with Crippen molar-refractivity contribution in [3.05, 3.63) is 11.6 Å². The second-order valence-corrected chi connectivity index (χ2v) is 4.57. The summed E-state index contributed by atoms with van der Waals surface area (Å²) in [5.41, 5.74) is 1.42. The summed E-state index contributed by atoms with van der Waals surface area (Å²) >= 11 is 0. The summed E-state index contributed by atoms with van der Waals surface area (Å²) in [4.78, 5) is 0. The predicted octanol–water partition coefficient (Wildman–Crippen LogP) is 2.36. The van der Waals surface area contributed by atoms with Crippen molar-refractivity contribution in [2.45, 2.75) is 39.2 Å². The molecule has 0 aliphatic heterocycles. The topological polar surface area (TPSA) is 20.2 Å². The Kier molecular flexibility index (Phi) is 1.99. The normalized spacial score (nSPS) is 47.1. The van der Waals surface area contributed by atoms with Crippen LogP contribution in [0.5, 0.6) is 0 Å². The van der Waals surface area contributed by atoms with Crippen LogP contribution in [0.15, 0.2) is 11.6 Å². The first-order valence-electron chi connectivity index (χ1n) is 5.03. The standard InChI is InChI=1S/C11H18O/c1-7-3-4-9-6-10(7)11(12)5-8(9)2/h3,8-12H,4-6H2,1-2H3/t8?,9-,10-,11-/m1/s1. The maximum atomic E-state index is 9.82. The van der Waals surface area contributed by atoms with E-state index in [1.165, 1.54) is 18.4 Å². The summed E-state index contributed by atoms with van der Waals surface area (Å²) in [6.45, 7) is 4.44. The molecule has 1 fully saturated rings. The van der Waals surface area contributed by atoms with E-state index >= 15 is 0 Å². The summed E-state index contributed by atoms with van der Waals surface area (Å²) in [5, 5.41) is 9.82. The first kappa shape index (κ1) is 8.31. The fraction of sp³-hybridized carbons (Fsp3) is 0.818. The lowest BCUT2D eigenvalue weighted by atomic mass is 9.66. The van der Waals surface area contributed by atoms with Crippen LogP contribution in [0.3, 0.4) is 0 Å². The molecule has 2 bridgehead atoms. The monoisotopic (exact) mass is 166 g/mol. The van der Waals surface area contributed by atoms with Gasteiger partial charge in [-0.15, -0.1) is 0 Å². The van der Waals surface area contributed by atoms with E-state index in [0.717, 1.165) is 18.3 Å². The molecular formula is C11H18O. The van der Waals surface area contributed by atoms with Gasteiger partial charge in [-0.05, 0) is 38.0 Å². The largest absolute Gasteiger partial charge is 0.392 e. The van der Waals surface area contributed by atoms with Crippen molar-refractivity contribution in [1.29, 1.82) is 0 Å². The summed E-state index contributed by atoms with van der Waals surface area (Å²) in [7, 11) is 0. The molecule has 1 heteroatoms. The highest BCUT2D eigenvalue weighted by Crippen LogP contribution is 2.42. The molecule has 0 amide bonds. The average Bonchev–Trinajstić information content (AvgIpc) is 2.03. The van der Waals surface area contributed by atoms with Crippen LogP contribution in [0, 0.1) is 17.8 Å². The van der Waals surface area contributed by atoms with E-state index in [1.807, 2.05) is 0 Å². The molecule has 68 valence electrons. The van der Waals surface area contributed by atoms with E-state index in [2.05, 4.69) is 19.9 Å². The highest BCUT2D eigenvalue weighted by atomic mass is 16.3. The number of aliphatic hydroxyl groups is 1. The molecule has 0 radical (unpaired) electrons. The van der Waals surface area contributed by atoms with E-state index < -0.39 is 0 Å². The molecule has 0 spiro atoms. The van der Waals surface area contributed by atoms with Crippen LogP contribution in [0.2, 0.25) is 0 Å². The van der Waals surface area contributed by atoms with Gasteiger partial charge in [0.1, 0.15) is 0 Å². The minimum absolute atomic E-state index is 0.0622. The summed E-state index contributed by atoms with van der Waals surface area (Å²) in [6, 6.07) is 0. The fourth-order valence-corrected chi connectivity index (χ4v) is 2.76. The average molecular weight is 166 g/mol. The smallest absolute Gasteiger partial charge is 0.0608 e. The summed E-state index contributed by atoms with van der Waals surface area (Å²) in [6.07, 6.45) is 5.76. The van der Waals surface area contributed by atoms with E-state index in [4.69, 9.17) is 0 Å². The number of rotatable bonds is 0. The molecule has 1 unspecified atom stereocenters. The third-order valence-electron chi connectivity index (χ3n) is 3.77. The number of fused-ring (bicyclic) bond motifs is 2. The quantitative estimate of drug-likeness (QED) is 0.548. The van der Waals surface area contributed by atoms with Gasteiger partial charge in [-0.2, -0.15) is 0 Å². The van der Waals surface area contributed by atoms with Crippen LogP contribution in [0.1, 0.15) is 33.1 Å². The first-order chi connectivity index (χ1) is 5.68. The lowest BCUT2D eigenvalue weighted by Crippen LogP contribution is -2.36. The molecule has 1 nitrogen and oxygen atoms in total. The first-order valence-corrected chi connectivity index (χ1v) is 5.03. The van der Waals surface area contributed by atoms with Crippen LogP contribution in [-0.4, -0.2) is 11.2 Å². The molecule has 12 heavy (non-hydrogen) atoms. The SMILES string of the molecule is CC1=CC[C@@H]2C[C@H]1[C@H](O)CC2C. The van der Waals surface area contributed by atoms with E-state index in [9.17, 15) is 5.11 Å². The Bertz CT molecular complexity index is 207. The summed E-state index contributed by atoms with van der Waals surface area (Å²) < 4.78 is 0. The van der Waals surface area contributed by atoms with E-state index in [-0.39, 0.29) is 6.10 Å². The number of hydrogen-bond donors (Lipinski definition) is 1. The Morgan fingerprint density at radius 1 is 1.42 bits per heavy atom. The minimum atomic E-state index is -0.0622. The zero-order chi connectivity index (χ0) is 8.72. The maximum absolute atomic E-state index is 9.82. The molecule has 4 atom stereocenters. The lowest BCUT2D eigenvalue weighted by molar-refractivity contribution is 0.0301. The van der Waals surface area contributed by atoms with Crippen LogP contribution in [-0.2, 0) is 0 Å². The van der Waals surface area contributed by atoms with Gasteiger partial charge in [0.05, 0.1) is 6.10 Å². The van der Waals surface area contributed by atoms with Gasteiger partial charge in [0.25, 0.3) is 0 Å². The van der Waals surface area contributed by atoms with E-state index in [1.54, 1.807) is 0 Å². The Hall–Kier alpha value is -0.300. The Morgan fingerprint density at radius 2 is 2.17 bits per heavy atom. The molecule has 1 N–H and O–H groups in total. The van der Waals surface area contributed by atoms with Gasteiger partial charge >= 0.3 is 0 Å². The molecule has 0 aromatic rings. The van der Waals surface area contributed by atoms with Gasteiger partial charge in [0.2, 0.25) is 0 Å². The van der Waals surface area contributed by atoms with Gasteiger partial charge in [-0.25, -0.2) is 0 Å². The highest BCUT2D eigenvalue weighted by molar-refractivity contribution is 5.13. The molecule has 0 saturated heterocycles. The molecule has 2 aliphatic carbocycles. The van der Waals surface area contributed by atoms with Crippen LogP contribution < -0.4 is 0 Å². The number of allylic oxidation sites excluding steroid dienone is 1. The van der Waals surface area contributed by atoms with Crippen molar-refractivity contribution in [1.82, 2.24) is 0 Å². The molecule has 1 saturated carbocycles. The molecule has 0 aromatic carbocycles. The molecular weight excluding hydrogens is 148 g/mol. The van der Waals surface area contributed by atoms with Gasteiger partial charge < -0.3 is 5.11 Å². The molecule has 2 rings (SSSR count). The van der Waals surface area contributed by atoms with Gasteiger partial charge in [-0.1, -0.05) is 18.6 Å². The zero-order valence-corrected chi connectivity index (χ0v) is 7.96. The van der Waals surface area contributed by atoms with Crippen molar-refractivity contribution in [2.24, 2.45) is 17.8 Å². The lowest BCUT2D eigenvalue weighted by Gasteiger charge is -2.41. The highest BCUT2D eigenvalue weighted by Gasteiger charge is 2.36. The molecule has 0 heterocycles. The Labute approximate surface area is 74.5 Å². The number of hydrogen-bond acceptors (Lipinski definition) is 1. The Morgan fingerprint density at radius 3 is 2.92 bits per heavy atom. The van der Waals surface area contributed by atoms with Gasteiger partial charge in [0, 0.05) is 5.92 Å².